The average molecular weight is 172 g/mol. The fourth-order valence-corrected chi connectivity index (χ4v) is 1.42. The third-order valence-electron chi connectivity index (χ3n) is 1.14. The molecule has 0 aliphatic rings. The number of nitrogens with zero attached hydrogens (tertiary/aromatic N) is 2. The first kappa shape index (κ1) is 8.13. The lowest BCUT2D eigenvalue weighted by Crippen LogP contribution is -2.41. The number of Topliss-reactive ketones (excluding diaryl/α,β-unsaturated/α-hetero) is 1. The summed E-state index contributed by atoms with van der Waals surface area (Å²) in [5.74, 6) is 0.0620. The number of hydrogen-bond donors (Lipinski definition) is 1. The number of ketones is 1. The van der Waals surface area contributed by atoms with Crippen LogP contribution in [0.5, 0.6) is 0 Å². The predicted molar refractivity (Wildman–Crippen MR) is 42.1 cm³/mol. The van der Waals surface area contributed by atoms with Crippen LogP contribution in [-0.2, 0) is 11.3 Å². The van der Waals surface area contributed by atoms with E-state index < -0.39 is 0 Å². The Bertz CT molecular complexity index is 281. The summed E-state index contributed by atoms with van der Waals surface area (Å²) in [6.45, 7) is 3.65. The van der Waals surface area contributed by atoms with Crippen LogP contribution in [0.25, 0.3) is 0 Å². The molecule has 0 aliphatic carbocycles. The zero-order valence-corrected chi connectivity index (χ0v) is 7.31. The summed E-state index contributed by atoms with van der Waals surface area (Å²) in [6, 6.07) is 0. The van der Waals surface area contributed by atoms with Crippen LogP contribution in [0.4, 0.5) is 5.13 Å². The normalized spacial score (nSPS) is 10.0. The monoisotopic (exact) mass is 172 g/mol. The van der Waals surface area contributed by atoms with Gasteiger partial charge in [0.25, 0.3) is 0 Å². The molecule has 1 heterocycles. The SMILES string of the molecule is CC(=O)C[n+]1nc(C)sc1N. The Hall–Kier alpha value is -0.970. The van der Waals surface area contributed by atoms with Gasteiger partial charge in [-0.25, -0.2) is 0 Å². The van der Waals surface area contributed by atoms with Crippen molar-refractivity contribution >= 4 is 22.3 Å². The van der Waals surface area contributed by atoms with E-state index >= 15 is 0 Å². The first-order valence-corrected chi connectivity index (χ1v) is 4.03. The third kappa shape index (κ3) is 1.98. The Morgan fingerprint density at radius 2 is 2.45 bits per heavy atom. The van der Waals surface area contributed by atoms with E-state index in [0.29, 0.717) is 5.13 Å². The Morgan fingerprint density at radius 3 is 2.82 bits per heavy atom. The van der Waals surface area contributed by atoms with Gasteiger partial charge in [0.05, 0.1) is 0 Å². The molecule has 0 saturated carbocycles. The van der Waals surface area contributed by atoms with Crippen molar-refractivity contribution in [1.29, 1.82) is 0 Å². The van der Waals surface area contributed by atoms with Gasteiger partial charge in [0, 0.05) is 0 Å². The van der Waals surface area contributed by atoms with Crippen molar-refractivity contribution in [2.75, 3.05) is 5.73 Å². The van der Waals surface area contributed by atoms with E-state index in [2.05, 4.69) is 5.10 Å². The van der Waals surface area contributed by atoms with Crippen LogP contribution >= 0.6 is 11.3 Å². The van der Waals surface area contributed by atoms with Gasteiger partial charge in [-0.1, -0.05) is 5.10 Å². The minimum absolute atomic E-state index is 0.0620. The van der Waals surface area contributed by atoms with E-state index in [1.54, 1.807) is 0 Å². The molecule has 0 radical (unpaired) electrons. The van der Waals surface area contributed by atoms with Crippen LogP contribution in [0.1, 0.15) is 11.9 Å². The molecule has 0 bridgehead atoms. The first-order valence-electron chi connectivity index (χ1n) is 3.22. The molecule has 0 aromatic carbocycles. The lowest BCUT2D eigenvalue weighted by molar-refractivity contribution is -0.724. The number of nitrogen functional groups attached to an aromatic ring is 1. The van der Waals surface area contributed by atoms with Gasteiger partial charge in [-0.05, 0) is 25.2 Å². The van der Waals surface area contributed by atoms with E-state index in [9.17, 15) is 4.79 Å². The average Bonchev–Trinajstić information content (AvgIpc) is 2.09. The van der Waals surface area contributed by atoms with Crippen molar-refractivity contribution < 1.29 is 9.48 Å². The molecule has 2 N–H and O–H groups in total. The fourth-order valence-electron chi connectivity index (χ4n) is 0.768. The van der Waals surface area contributed by atoms with Crippen molar-refractivity contribution in [1.82, 2.24) is 5.10 Å². The van der Waals surface area contributed by atoms with Gasteiger partial charge in [-0.2, -0.15) is 0 Å². The van der Waals surface area contributed by atoms with Crippen molar-refractivity contribution in [3.05, 3.63) is 5.01 Å². The largest absolute Gasteiger partial charge is 0.354 e. The van der Waals surface area contributed by atoms with Crippen LogP contribution in [0.3, 0.4) is 0 Å². The van der Waals surface area contributed by atoms with Crippen LogP contribution in [0, 0.1) is 6.92 Å². The molecule has 4 nitrogen and oxygen atoms in total. The molecule has 11 heavy (non-hydrogen) atoms. The van der Waals surface area contributed by atoms with Crippen molar-refractivity contribution in [2.24, 2.45) is 0 Å². The highest BCUT2D eigenvalue weighted by Gasteiger charge is 2.11. The topological polar surface area (TPSA) is 59.9 Å². The quantitative estimate of drug-likeness (QED) is 0.634. The highest BCUT2D eigenvalue weighted by Crippen LogP contribution is 2.06. The molecule has 1 rings (SSSR count). The number of nitrogens with two attached hydrogens (primary N) is 1. The van der Waals surface area contributed by atoms with Gasteiger partial charge in [0.1, 0.15) is 5.01 Å². The van der Waals surface area contributed by atoms with Crippen LogP contribution in [0.15, 0.2) is 0 Å². The summed E-state index contributed by atoms with van der Waals surface area (Å²) in [5, 5.41) is 5.50. The van der Waals surface area contributed by atoms with Crippen molar-refractivity contribution in [3.63, 3.8) is 0 Å². The molecule has 0 saturated heterocycles. The lowest BCUT2D eigenvalue weighted by atomic mass is 10.5. The van der Waals surface area contributed by atoms with Gasteiger partial charge in [0.2, 0.25) is 0 Å². The highest BCUT2D eigenvalue weighted by molar-refractivity contribution is 7.14. The number of hydrogen-bond acceptors (Lipinski definition) is 4. The fraction of sp³-hybridized carbons (Fsp3) is 0.500. The van der Waals surface area contributed by atoms with Gasteiger partial charge in [-0.15, -0.1) is 4.68 Å². The zero-order chi connectivity index (χ0) is 8.43. The molecule has 1 aromatic rings. The number of aryl methyl sites for hydroxylation is 1. The molecular weight excluding hydrogens is 162 g/mol. The van der Waals surface area contributed by atoms with E-state index in [1.165, 1.54) is 22.9 Å². The summed E-state index contributed by atoms with van der Waals surface area (Å²) in [7, 11) is 0. The third-order valence-corrected chi connectivity index (χ3v) is 1.94. The van der Waals surface area contributed by atoms with Crippen LogP contribution in [-0.4, -0.2) is 10.9 Å². The first-order chi connectivity index (χ1) is 5.09. The van der Waals surface area contributed by atoms with Gasteiger partial charge in [-0.3, -0.25) is 10.5 Å². The molecule has 5 heteroatoms. The van der Waals surface area contributed by atoms with E-state index in [-0.39, 0.29) is 12.3 Å². The maximum absolute atomic E-state index is 10.7. The van der Waals surface area contributed by atoms with Crippen LogP contribution in [0.2, 0.25) is 0 Å². The van der Waals surface area contributed by atoms with E-state index in [4.69, 9.17) is 5.73 Å². The molecule has 0 aliphatic heterocycles. The molecule has 0 spiro atoms. The van der Waals surface area contributed by atoms with E-state index in [0.717, 1.165) is 5.01 Å². The molecule has 0 fully saturated rings. The second-order valence-corrected chi connectivity index (χ2v) is 3.53. The minimum Gasteiger partial charge on any atom is -0.295 e. The standard InChI is InChI=1S/C6H9N3OS/c1-4(10)3-9-6(7)11-5(2)8-9/h7H,3H2,1-2H3/p+1. The molecule has 0 amide bonds. The van der Waals surface area contributed by atoms with Crippen molar-refractivity contribution in [2.45, 2.75) is 20.4 Å². The predicted octanol–water partition coefficient (Wildman–Crippen LogP) is -0.0898. The maximum atomic E-state index is 10.7. The molecule has 0 unspecified atom stereocenters. The number of aromatic nitrogens is 2. The second-order valence-electron chi connectivity index (χ2n) is 2.32. The van der Waals surface area contributed by atoms with Crippen molar-refractivity contribution in [3.8, 4) is 0 Å². The number of rotatable bonds is 2. The van der Waals surface area contributed by atoms with Gasteiger partial charge >= 0.3 is 5.13 Å². The zero-order valence-electron chi connectivity index (χ0n) is 6.50. The van der Waals surface area contributed by atoms with Crippen LogP contribution < -0.4 is 10.4 Å². The summed E-state index contributed by atoms with van der Waals surface area (Å²) in [5.41, 5.74) is 5.56. The number of carbonyl (C=O) groups excluding carboxylic acids is 1. The number of anilines is 1. The molecule has 0 atom stereocenters. The second kappa shape index (κ2) is 2.96. The lowest BCUT2D eigenvalue weighted by Gasteiger charge is -1.87. The molecular formula is C6H10N3OS+. The Balaban J connectivity index is 2.85. The van der Waals surface area contributed by atoms with E-state index in [1.807, 2.05) is 6.92 Å². The maximum Gasteiger partial charge on any atom is 0.354 e. The summed E-state index contributed by atoms with van der Waals surface area (Å²) >= 11 is 1.39. The highest BCUT2D eigenvalue weighted by atomic mass is 32.1. The molecule has 1 aromatic heterocycles. The Kier molecular flexibility index (Phi) is 2.19. The Labute approximate surface area is 68.7 Å². The summed E-state index contributed by atoms with van der Waals surface area (Å²) in [6.07, 6.45) is 0. The molecule has 60 valence electrons. The smallest absolute Gasteiger partial charge is 0.295 e. The van der Waals surface area contributed by atoms with Gasteiger partial charge in [0.15, 0.2) is 12.3 Å². The minimum atomic E-state index is 0.0620. The Morgan fingerprint density at radius 1 is 1.82 bits per heavy atom. The van der Waals surface area contributed by atoms with Gasteiger partial charge < -0.3 is 0 Å². The summed E-state index contributed by atoms with van der Waals surface area (Å²) < 4.78 is 1.52. The summed E-state index contributed by atoms with van der Waals surface area (Å²) in [4.78, 5) is 10.7. The number of carbonyl (C=O) groups is 1.